The highest BCUT2D eigenvalue weighted by Gasteiger charge is 2.40. The third kappa shape index (κ3) is 6.72. The van der Waals surface area contributed by atoms with Crippen molar-refractivity contribution in [3.63, 3.8) is 0 Å². The molecule has 0 saturated heterocycles. The number of hydrogen-bond acceptors (Lipinski definition) is 4. The van der Waals surface area contributed by atoms with Crippen LogP contribution in [0.5, 0.6) is 0 Å². The molecule has 0 aliphatic carbocycles. The Hall–Kier alpha value is 0.150. The summed E-state index contributed by atoms with van der Waals surface area (Å²) in [6, 6.07) is 0. The largest absolute Gasteiger partial charge is 0.342 e. The number of nitrogens with zero attached hydrogens (tertiary/aromatic N) is 2. The molecule has 2 unspecified atom stereocenters. The van der Waals surface area contributed by atoms with Gasteiger partial charge in [0.15, 0.2) is 0 Å². The van der Waals surface area contributed by atoms with Gasteiger partial charge in [-0.2, -0.15) is 0 Å². The maximum atomic E-state index is 11.7. The average Bonchev–Trinajstić information content (AvgIpc) is 2.39. The second-order valence-electron chi connectivity index (χ2n) is 6.05. The topological polar surface area (TPSA) is 77.9 Å². The second-order valence-corrected chi connectivity index (χ2v) is 12.1. The number of aldehydes is 1. The summed E-state index contributed by atoms with van der Waals surface area (Å²) < 4.78 is 25.8. The van der Waals surface area contributed by atoms with Crippen LogP contribution in [-0.2, 0) is 26.4 Å². The minimum Gasteiger partial charge on any atom is -0.342 e. The summed E-state index contributed by atoms with van der Waals surface area (Å²) in [6.45, 7) is 1.00. The molecule has 0 fully saturated rings. The molecule has 0 aliphatic rings. The molecule has 0 radical (unpaired) electrons. The summed E-state index contributed by atoms with van der Waals surface area (Å²) in [6.07, 6.45) is 4.68. The lowest BCUT2D eigenvalue weighted by Gasteiger charge is -2.44. The van der Waals surface area contributed by atoms with E-state index < -0.39 is 21.9 Å². The Balaban J connectivity index is 5.40. The maximum Gasteiger partial charge on any atom is 0.201 e. The quantitative estimate of drug-likeness (QED) is 0.436. The zero-order valence-electron chi connectivity index (χ0n) is 14.2. The molecule has 0 aromatic carbocycles. The van der Waals surface area contributed by atoms with Gasteiger partial charge in [0, 0.05) is 12.8 Å². The van der Waals surface area contributed by atoms with Gasteiger partial charge in [-0.05, 0) is 45.7 Å². The predicted octanol–water partition coefficient (Wildman–Crippen LogP) is 1.65. The molecule has 1 N–H and O–H groups in total. The number of carbonyl (C=O) groups excluding carboxylic acids is 1. The van der Waals surface area contributed by atoms with Crippen LogP contribution in [0.15, 0.2) is 0 Å². The normalized spacial score (nSPS) is 18.2. The molecular formula is C13H29N2O4PS2. The van der Waals surface area contributed by atoms with Crippen LogP contribution >= 0.6 is 6.57 Å². The molecule has 0 heterocycles. The number of sulfone groups is 1. The SMILES string of the molecule is CCCCC(C)(C=O)N(CCCS(C)(=O)=O)P(O)(=S)N(C)C. The van der Waals surface area contributed by atoms with Crippen molar-refractivity contribution < 1.29 is 18.1 Å². The van der Waals surface area contributed by atoms with Crippen molar-refractivity contribution in [3.8, 4) is 0 Å². The van der Waals surface area contributed by atoms with Crippen molar-refractivity contribution in [2.24, 2.45) is 0 Å². The monoisotopic (exact) mass is 372 g/mol. The zero-order chi connectivity index (χ0) is 17.6. The lowest BCUT2D eigenvalue weighted by molar-refractivity contribution is -0.116. The van der Waals surface area contributed by atoms with E-state index in [-0.39, 0.29) is 12.3 Å². The summed E-state index contributed by atoms with van der Waals surface area (Å²) in [5, 5.41) is 0. The van der Waals surface area contributed by atoms with E-state index in [1.807, 2.05) is 6.92 Å². The van der Waals surface area contributed by atoms with E-state index in [0.717, 1.165) is 19.1 Å². The average molecular weight is 372 g/mol. The summed E-state index contributed by atoms with van der Waals surface area (Å²) in [5.74, 6) is 0.00891. The molecule has 0 rings (SSSR count). The van der Waals surface area contributed by atoms with Gasteiger partial charge >= 0.3 is 0 Å². The van der Waals surface area contributed by atoms with Gasteiger partial charge in [0.05, 0.1) is 11.3 Å². The highest BCUT2D eigenvalue weighted by atomic mass is 32.5. The number of unbranched alkanes of at least 4 members (excludes halogenated alkanes) is 1. The lowest BCUT2D eigenvalue weighted by Crippen LogP contribution is -2.48. The van der Waals surface area contributed by atoms with Crippen molar-refractivity contribution in [1.29, 1.82) is 0 Å². The summed E-state index contributed by atoms with van der Waals surface area (Å²) in [4.78, 5) is 22.4. The van der Waals surface area contributed by atoms with Crippen LogP contribution in [0.2, 0.25) is 0 Å². The van der Waals surface area contributed by atoms with Gasteiger partial charge in [0.2, 0.25) is 6.57 Å². The van der Waals surface area contributed by atoms with Gasteiger partial charge in [-0.25, -0.2) is 17.8 Å². The van der Waals surface area contributed by atoms with Crippen molar-refractivity contribution in [3.05, 3.63) is 0 Å². The standard InChI is InChI=1S/C13H29N2O4PS2/c1-6-7-9-13(2,12-16)15(20(17,21)14(3)4)10-8-11-22(5,18)19/h12H,6-11H2,1-5H3,(H,17,21). The van der Waals surface area contributed by atoms with Crippen molar-refractivity contribution in [2.45, 2.75) is 45.1 Å². The smallest absolute Gasteiger partial charge is 0.201 e. The van der Waals surface area contributed by atoms with Gasteiger partial charge in [-0.3, -0.25) is 0 Å². The third-order valence-electron chi connectivity index (χ3n) is 3.60. The molecule has 0 saturated carbocycles. The molecule has 6 nitrogen and oxygen atoms in total. The molecule has 0 aromatic rings. The Bertz CT molecular complexity index is 510. The lowest BCUT2D eigenvalue weighted by atomic mass is 9.96. The van der Waals surface area contributed by atoms with Crippen molar-refractivity contribution in [1.82, 2.24) is 9.34 Å². The molecule has 9 heteroatoms. The van der Waals surface area contributed by atoms with Crippen molar-refractivity contribution >= 4 is 34.5 Å². The van der Waals surface area contributed by atoms with Gasteiger partial charge in [-0.1, -0.05) is 19.8 Å². The first kappa shape index (κ1) is 22.1. The fraction of sp³-hybridized carbons (Fsp3) is 0.923. The Labute approximate surface area is 140 Å². The van der Waals surface area contributed by atoms with Gasteiger partial charge in [0.1, 0.15) is 16.1 Å². The predicted molar refractivity (Wildman–Crippen MR) is 95.2 cm³/mol. The first-order valence-corrected chi connectivity index (χ1v) is 12.1. The van der Waals surface area contributed by atoms with Crippen LogP contribution in [0.4, 0.5) is 0 Å². The van der Waals surface area contributed by atoms with Gasteiger partial charge < -0.3 is 9.69 Å². The van der Waals surface area contributed by atoms with Crippen LogP contribution in [0.3, 0.4) is 0 Å². The number of carbonyl (C=O) groups is 1. The van der Waals surface area contributed by atoms with E-state index in [9.17, 15) is 18.1 Å². The Morgan fingerprint density at radius 3 is 2.23 bits per heavy atom. The van der Waals surface area contributed by atoms with E-state index in [0.29, 0.717) is 12.8 Å². The molecule has 0 aromatic heterocycles. The Kier molecular flexibility index (Phi) is 8.91. The molecule has 132 valence electrons. The fourth-order valence-electron chi connectivity index (χ4n) is 2.16. The molecule has 0 bridgehead atoms. The molecule has 0 amide bonds. The molecule has 0 spiro atoms. The van der Waals surface area contributed by atoms with E-state index >= 15 is 0 Å². The van der Waals surface area contributed by atoms with Crippen LogP contribution in [0.25, 0.3) is 0 Å². The van der Waals surface area contributed by atoms with Crippen LogP contribution < -0.4 is 0 Å². The number of hydrogen-bond donors (Lipinski definition) is 1. The third-order valence-corrected chi connectivity index (χ3v) is 8.53. The van der Waals surface area contributed by atoms with Crippen LogP contribution in [0, 0.1) is 0 Å². The van der Waals surface area contributed by atoms with Crippen molar-refractivity contribution in [2.75, 3.05) is 32.6 Å². The van der Waals surface area contributed by atoms with E-state index in [4.69, 9.17) is 11.8 Å². The number of rotatable bonds is 11. The first-order chi connectivity index (χ1) is 9.90. The first-order valence-electron chi connectivity index (χ1n) is 7.33. The van der Waals surface area contributed by atoms with Gasteiger partial charge in [-0.15, -0.1) is 0 Å². The highest BCUT2D eigenvalue weighted by Crippen LogP contribution is 2.52. The van der Waals surface area contributed by atoms with E-state index in [1.54, 1.807) is 30.4 Å². The van der Waals surface area contributed by atoms with E-state index in [2.05, 4.69) is 0 Å². The molecule has 22 heavy (non-hydrogen) atoms. The van der Waals surface area contributed by atoms with Crippen LogP contribution in [0.1, 0.15) is 39.5 Å². The minimum absolute atomic E-state index is 0.00891. The van der Waals surface area contributed by atoms with E-state index in [1.165, 1.54) is 6.26 Å². The molecule has 0 aliphatic heterocycles. The summed E-state index contributed by atoms with van der Waals surface area (Å²) in [7, 11) is 0.265. The molecular weight excluding hydrogens is 343 g/mol. The maximum absolute atomic E-state index is 11.7. The Morgan fingerprint density at radius 2 is 1.86 bits per heavy atom. The molecule has 2 atom stereocenters. The zero-order valence-corrected chi connectivity index (χ0v) is 16.7. The minimum atomic E-state index is -3.09. The summed E-state index contributed by atoms with van der Waals surface area (Å²) >= 11 is 5.37. The highest BCUT2D eigenvalue weighted by molar-refractivity contribution is 8.09. The Morgan fingerprint density at radius 1 is 1.32 bits per heavy atom. The van der Waals surface area contributed by atoms with Gasteiger partial charge in [0.25, 0.3) is 0 Å². The second kappa shape index (κ2) is 8.85. The summed E-state index contributed by atoms with van der Waals surface area (Å²) in [5.41, 5.74) is -0.887. The fourth-order valence-corrected chi connectivity index (χ4v) is 5.19. The van der Waals surface area contributed by atoms with Crippen LogP contribution in [-0.4, -0.2) is 67.1 Å².